The maximum atomic E-state index is 12.6. The molecule has 0 saturated carbocycles. The van der Waals surface area contributed by atoms with Crippen LogP contribution in [0.15, 0.2) is 48.8 Å². The molecule has 0 bridgehead atoms. The van der Waals surface area contributed by atoms with E-state index in [2.05, 4.69) is 15.0 Å². The Bertz CT molecular complexity index is 1050. The third-order valence-electron chi connectivity index (χ3n) is 3.67. The second kappa shape index (κ2) is 8.52. The Morgan fingerprint density at radius 3 is 2.55 bits per heavy atom. The molecule has 1 N–H and O–H groups in total. The summed E-state index contributed by atoms with van der Waals surface area (Å²) in [5, 5.41) is 3.04. The smallest absolute Gasteiger partial charge is 0.404 e. The molecule has 11 heteroatoms. The summed E-state index contributed by atoms with van der Waals surface area (Å²) in [5.74, 6) is -0.649. The van der Waals surface area contributed by atoms with Gasteiger partial charge < -0.3 is 10.1 Å². The first-order valence-electron chi connectivity index (χ1n) is 7.95. The zero-order valence-corrected chi connectivity index (χ0v) is 16.6. The van der Waals surface area contributed by atoms with E-state index in [1.54, 1.807) is 18.3 Å². The van der Waals surface area contributed by atoms with E-state index in [1.807, 2.05) is 0 Å². The number of hydrogen-bond donors (Lipinski definition) is 1. The molecule has 152 valence electrons. The minimum absolute atomic E-state index is 0.0256. The molecule has 2 aromatic heterocycles. The van der Waals surface area contributed by atoms with Gasteiger partial charge in [-0.2, -0.15) is 0 Å². The zero-order valence-electron chi connectivity index (χ0n) is 14.3. The van der Waals surface area contributed by atoms with Crippen LogP contribution >= 0.6 is 34.8 Å². The number of nitrogens with one attached hydrogen (secondary N) is 1. The fraction of sp³-hybridized carbons (Fsp3) is 0.111. The van der Waals surface area contributed by atoms with Crippen LogP contribution in [0.4, 0.5) is 13.2 Å². The normalized spacial score (nSPS) is 11.4. The minimum atomic E-state index is -4.85. The number of aromatic nitrogens is 2. The molecule has 0 aliphatic carbocycles. The quantitative estimate of drug-likeness (QED) is 0.530. The molecule has 0 fully saturated rings. The van der Waals surface area contributed by atoms with E-state index in [-0.39, 0.29) is 22.3 Å². The van der Waals surface area contributed by atoms with Gasteiger partial charge >= 0.3 is 6.36 Å². The number of hydrogen-bond acceptors (Lipinski definition) is 3. The van der Waals surface area contributed by atoms with Crippen LogP contribution in [0.5, 0.6) is 5.75 Å². The number of carbonyl (C=O) groups is 1. The fourth-order valence-electron chi connectivity index (χ4n) is 2.47. The summed E-state index contributed by atoms with van der Waals surface area (Å²) in [7, 11) is 0. The number of carbonyl (C=O) groups excluding carboxylic acids is 1. The van der Waals surface area contributed by atoms with Crippen molar-refractivity contribution in [2.24, 2.45) is 0 Å². The Hall–Kier alpha value is -2.42. The van der Waals surface area contributed by atoms with Crippen LogP contribution in [0.25, 0.3) is 5.82 Å². The fourth-order valence-corrected chi connectivity index (χ4v) is 3.18. The molecule has 0 saturated heterocycles. The molecule has 0 unspecified atom stereocenters. The molecule has 2 heterocycles. The third kappa shape index (κ3) is 5.35. The molecule has 3 aromatic rings. The predicted octanol–water partition coefficient (Wildman–Crippen LogP) is 5.66. The van der Waals surface area contributed by atoms with E-state index in [9.17, 15) is 18.0 Å². The maximum absolute atomic E-state index is 12.6. The van der Waals surface area contributed by atoms with Crippen LogP contribution in [0.3, 0.4) is 0 Å². The SMILES string of the molecule is O=C(NCc1ccc(OC(F)(F)F)c(Cl)c1)c1cccn1-c1ncc(Cl)cc1Cl. The van der Waals surface area contributed by atoms with Gasteiger partial charge in [0, 0.05) is 18.9 Å². The van der Waals surface area contributed by atoms with Gasteiger partial charge in [0.15, 0.2) is 5.82 Å². The molecule has 1 amide bonds. The molecule has 3 rings (SSSR count). The van der Waals surface area contributed by atoms with E-state index < -0.39 is 18.0 Å². The van der Waals surface area contributed by atoms with Crippen molar-refractivity contribution in [1.82, 2.24) is 14.9 Å². The Kier molecular flexibility index (Phi) is 6.26. The van der Waals surface area contributed by atoms with Gasteiger partial charge in [-0.25, -0.2) is 4.98 Å². The van der Waals surface area contributed by atoms with Gasteiger partial charge in [-0.05, 0) is 35.9 Å². The van der Waals surface area contributed by atoms with E-state index in [0.717, 1.165) is 6.07 Å². The van der Waals surface area contributed by atoms with Gasteiger partial charge in [-0.3, -0.25) is 9.36 Å². The number of rotatable bonds is 5. The predicted molar refractivity (Wildman–Crippen MR) is 103 cm³/mol. The summed E-state index contributed by atoms with van der Waals surface area (Å²) in [4.78, 5) is 16.7. The van der Waals surface area contributed by atoms with Crippen molar-refractivity contribution in [1.29, 1.82) is 0 Å². The number of halogens is 6. The summed E-state index contributed by atoms with van der Waals surface area (Å²) in [6.45, 7) is 0.0256. The second-order valence-corrected chi connectivity index (χ2v) is 6.97. The highest BCUT2D eigenvalue weighted by molar-refractivity contribution is 6.35. The monoisotopic (exact) mass is 463 g/mol. The molecule has 0 aliphatic rings. The number of amides is 1. The Labute approximate surface area is 178 Å². The molecule has 29 heavy (non-hydrogen) atoms. The number of nitrogens with zero attached hydrogens (tertiary/aromatic N) is 2. The highest BCUT2D eigenvalue weighted by Gasteiger charge is 2.32. The molecule has 0 spiro atoms. The lowest BCUT2D eigenvalue weighted by molar-refractivity contribution is -0.274. The standard InChI is InChI=1S/C18H11Cl3F3N3O2/c19-11-7-13(21)16(25-9-11)27-5-1-2-14(27)17(28)26-8-10-3-4-15(12(20)6-10)29-18(22,23)24/h1-7,9H,8H2,(H,26,28). The van der Waals surface area contributed by atoms with Gasteiger partial charge in [0.1, 0.15) is 11.4 Å². The highest BCUT2D eigenvalue weighted by Crippen LogP contribution is 2.30. The average molecular weight is 465 g/mol. The summed E-state index contributed by atoms with van der Waals surface area (Å²) in [6, 6.07) is 8.43. The summed E-state index contributed by atoms with van der Waals surface area (Å²) in [6.07, 6.45) is -1.84. The van der Waals surface area contributed by atoms with E-state index >= 15 is 0 Å². The van der Waals surface area contributed by atoms with Crippen LogP contribution in [0, 0.1) is 0 Å². The van der Waals surface area contributed by atoms with Gasteiger partial charge in [0.2, 0.25) is 0 Å². The topological polar surface area (TPSA) is 56.1 Å². The molecule has 1 aromatic carbocycles. The van der Waals surface area contributed by atoms with Crippen LogP contribution < -0.4 is 10.1 Å². The maximum Gasteiger partial charge on any atom is 0.573 e. The van der Waals surface area contributed by atoms with Crippen molar-refractivity contribution in [3.8, 4) is 11.6 Å². The van der Waals surface area contributed by atoms with Gasteiger partial charge in [-0.15, -0.1) is 13.2 Å². The lowest BCUT2D eigenvalue weighted by Gasteiger charge is -2.12. The summed E-state index contributed by atoms with van der Waals surface area (Å²) >= 11 is 17.8. The number of ether oxygens (including phenoxy) is 1. The van der Waals surface area contributed by atoms with Crippen molar-refractivity contribution in [3.63, 3.8) is 0 Å². The van der Waals surface area contributed by atoms with E-state index in [1.165, 1.54) is 29.0 Å². The van der Waals surface area contributed by atoms with E-state index in [0.29, 0.717) is 16.4 Å². The van der Waals surface area contributed by atoms with Crippen molar-refractivity contribution in [3.05, 3.63) is 75.1 Å². The molecular weight excluding hydrogens is 454 g/mol. The highest BCUT2D eigenvalue weighted by atomic mass is 35.5. The molecule has 0 radical (unpaired) electrons. The lowest BCUT2D eigenvalue weighted by atomic mass is 10.2. The minimum Gasteiger partial charge on any atom is -0.404 e. The van der Waals surface area contributed by atoms with Crippen LogP contribution in [0.2, 0.25) is 15.1 Å². The largest absolute Gasteiger partial charge is 0.573 e. The van der Waals surface area contributed by atoms with Crippen molar-refractivity contribution < 1.29 is 22.7 Å². The Morgan fingerprint density at radius 1 is 1.14 bits per heavy atom. The molecule has 0 aliphatic heterocycles. The first kappa shape index (κ1) is 21.3. The second-order valence-electron chi connectivity index (χ2n) is 5.72. The van der Waals surface area contributed by atoms with Crippen LogP contribution in [-0.2, 0) is 6.54 Å². The van der Waals surface area contributed by atoms with Crippen LogP contribution in [0.1, 0.15) is 16.1 Å². The first-order chi connectivity index (χ1) is 13.6. The Morgan fingerprint density at radius 2 is 1.90 bits per heavy atom. The summed E-state index contributed by atoms with van der Waals surface area (Å²) < 4.78 is 42.2. The molecule has 5 nitrogen and oxygen atoms in total. The van der Waals surface area contributed by atoms with Crippen molar-refractivity contribution in [2.75, 3.05) is 0 Å². The number of alkyl halides is 3. The number of pyridine rings is 1. The van der Waals surface area contributed by atoms with E-state index in [4.69, 9.17) is 34.8 Å². The van der Waals surface area contributed by atoms with Gasteiger partial charge in [-0.1, -0.05) is 40.9 Å². The van der Waals surface area contributed by atoms with Crippen molar-refractivity contribution in [2.45, 2.75) is 12.9 Å². The molecule has 0 atom stereocenters. The van der Waals surface area contributed by atoms with Gasteiger partial charge in [0.05, 0.1) is 15.1 Å². The Balaban J connectivity index is 1.73. The van der Waals surface area contributed by atoms with Gasteiger partial charge in [0.25, 0.3) is 5.91 Å². The molecular formula is C18H11Cl3F3N3O2. The van der Waals surface area contributed by atoms with Crippen molar-refractivity contribution >= 4 is 40.7 Å². The summed E-state index contributed by atoms with van der Waals surface area (Å²) in [5.41, 5.74) is 0.739. The third-order valence-corrected chi connectivity index (χ3v) is 4.45. The zero-order chi connectivity index (χ0) is 21.2. The lowest BCUT2D eigenvalue weighted by Crippen LogP contribution is -2.25. The first-order valence-corrected chi connectivity index (χ1v) is 9.08. The number of benzene rings is 1. The van der Waals surface area contributed by atoms with Crippen LogP contribution in [-0.4, -0.2) is 21.8 Å². The average Bonchev–Trinajstić information content (AvgIpc) is 3.10.